The Balaban J connectivity index is 2.06. The number of aryl methyl sites for hydroxylation is 1. The number of H-pyrrole nitrogens is 1. The standard InChI is InChI=1S/C19H26ClFN2O2/c1-11(2)23-16(24)8-6-5-7-13-10-22-19-14(13)9-15(25-12(3)4)17(20)18(19)21/h9-12,22H,5-8H2,1-4H3,(H,23,24). The maximum absolute atomic E-state index is 14.4. The SMILES string of the molecule is CC(C)NC(=O)CCCCc1c[nH]c2c(F)c(Cl)c(OC(C)C)cc12. The molecule has 1 amide bonds. The summed E-state index contributed by atoms with van der Waals surface area (Å²) in [5, 5.41) is 3.66. The van der Waals surface area contributed by atoms with Crippen molar-refractivity contribution in [2.75, 3.05) is 0 Å². The monoisotopic (exact) mass is 368 g/mol. The van der Waals surface area contributed by atoms with Crippen LogP contribution in [0.2, 0.25) is 5.02 Å². The number of hydrogen-bond acceptors (Lipinski definition) is 2. The third-order valence-corrected chi connectivity index (χ3v) is 4.17. The summed E-state index contributed by atoms with van der Waals surface area (Å²) >= 11 is 6.06. The molecule has 1 heterocycles. The normalized spacial score (nSPS) is 11.5. The minimum Gasteiger partial charge on any atom is -0.489 e. The molecule has 0 fully saturated rings. The first-order valence-corrected chi connectivity index (χ1v) is 9.11. The first-order chi connectivity index (χ1) is 11.8. The molecule has 2 N–H and O–H groups in total. The van der Waals surface area contributed by atoms with Gasteiger partial charge in [0.1, 0.15) is 10.8 Å². The van der Waals surface area contributed by atoms with Gasteiger partial charge >= 0.3 is 0 Å². The molecule has 2 rings (SSSR count). The fourth-order valence-electron chi connectivity index (χ4n) is 2.78. The number of nitrogens with one attached hydrogen (secondary N) is 2. The molecule has 0 saturated carbocycles. The Hall–Kier alpha value is -1.75. The van der Waals surface area contributed by atoms with E-state index in [1.54, 1.807) is 12.3 Å². The predicted octanol–water partition coefficient (Wildman–Crippen LogP) is 4.99. The second kappa shape index (κ2) is 8.56. The lowest BCUT2D eigenvalue weighted by Gasteiger charge is -2.12. The molecule has 25 heavy (non-hydrogen) atoms. The molecule has 0 radical (unpaired) electrons. The number of unbranched alkanes of at least 4 members (excludes halogenated alkanes) is 1. The molecule has 0 saturated heterocycles. The van der Waals surface area contributed by atoms with Gasteiger partial charge in [-0.3, -0.25) is 4.79 Å². The Morgan fingerprint density at radius 3 is 2.68 bits per heavy atom. The molecule has 6 heteroatoms. The van der Waals surface area contributed by atoms with Crippen molar-refractivity contribution in [3.8, 4) is 5.75 Å². The molecule has 0 aliphatic rings. The minimum atomic E-state index is -0.489. The number of carbonyl (C=O) groups excluding carboxylic acids is 1. The molecule has 0 aliphatic carbocycles. The highest BCUT2D eigenvalue weighted by atomic mass is 35.5. The predicted molar refractivity (Wildman–Crippen MR) is 99.9 cm³/mol. The van der Waals surface area contributed by atoms with E-state index >= 15 is 0 Å². The summed E-state index contributed by atoms with van der Waals surface area (Å²) in [4.78, 5) is 14.6. The number of hydrogen-bond donors (Lipinski definition) is 2. The highest BCUT2D eigenvalue weighted by molar-refractivity contribution is 6.33. The number of fused-ring (bicyclic) bond motifs is 1. The highest BCUT2D eigenvalue weighted by Crippen LogP contribution is 2.35. The number of benzene rings is 1. The lowest BCUT2D eigenvalue weighted by Crippen LogP contribution is -2.29. The molecular weight excluding hydrogens is 343 g/mol. The van der Waals surface area contributed by atoms with E-state index in [1.165, 1.54) is 0 Å². The molecule has 1 aromatic heterocycles. The van der Waals surface area contributed by atoms with Gasteiger partial charge in [-0.1, -0.05) is 11.6 Å². The van der Waals surface area contributed by atoms with Gasteiger partial charge < -0.3 is 15.0 Å². The van der Waals surface area contributed by atoms with Gasteiger partial charge in [0.05, 0.1) is 11.6 Å². The van der Waals surface area contributed by atoms with Crippen molar-refractivity contribution in [1.82, 2.24) is 10.3 Å². The van der Waals surface area contributed by atoms with Crippen LogP contribution in [0.3, 0.4) is 0 Å². The van der Waals surface area contributed by atoms with Crippen LogP contribution >= 0.6 is 11.6 Å². The van der Waals surface area contributed by atoms with Crippen LogP contribution in [0.25, 0.3) is 10.9 Å². The van der Waals surface area contributed by atoms with Gasteiger partial charge in [-0.2, -0.15) is 0 Å². The second-order valence-electron chi connectivity index (χ2n) is 6.84. The largest absolute Gasteiger partial charge is 0.489 e. The number of aromatic nitrogens is 1. The molecule has 4 nitrogen and oxygen atoms in total. The molecule has 0 unspecified atom stereocenters. The molecule has 1 aromatic carbocycles. The van der Waals surface area contributed by atoms with E-state index < -0.39 is 5.82 Å². The smallest absolute Gasteiger partial charge is 0.220 e. The molecule has 0 bridgehead atoms. The second-order valence-corrected chi connectivity index (χ2v) is 7.21. The average molecular weight is 369 g/mol. The summed E-state index contributed by atoms with van der Waals surface area (Å²) in [5.41, 5.74) is 1.40. The Labute approximate surface area is 153 Å². The fourth-order valence-corrected chi connectivity index (χ4v) is 2.97. The number of amides is 1. The van der Waals surface area contributed by atoms with Crippen molar-refractivity contribution in [3.05, 3.63) is 28.7 Å². The molecule has 0 aliphatic heterocycles. The summed E-state index contributed by atoms with van der Waals surface area (Å²) in [5.74, 6) is -0.0596. The van der Waals surface area contributed by atoms with Crippen molar-refractivity contribution >= 4 is 28.4 Å². The van der Waals surface area contributed by atoms with E-state index in [4.69, 9.17) is 16.3 Å². The van der Waals surface area contributed by atoms with Gasteiger partial charge in [-0.25, -0.2) is 4.39 Å². The van der Waals surface area contributed by atoms with Crippen LogP contribution in [0.5, 0.6) is 5.75 Å². The Bertz CT molecular complexity index is 741. The zero-order valence-corrected chi connectivity index (χ0v) is 16.0. The van der Waals surface area contributed by atoms with Crippen LogP contribution in [-0.2, 0) is 11.2 Å². The van der Waals surface area contributed by atoms with E-state index in [1.807, 2.05) is 27.7 Å². The van der Waals surface area contributed by atoms with Gasteiger partial charge in [0, 0.05) is 24.0 Å². The van der Waals surface area contributed by atoms with Crippen molar-refractivity contribution in [2.45, 2.75) is 65.5 Å². The summed E-state index contributed by atoms with van der Waals surface area (Å²) < 4.78 is 20.1. The highest BCUT2D eigenvalue weighted by Gasteiger charge is 2.17. The third kappa shape index (κ3) is 5.11. The summed E-state index contributed by atoms with van der Waals surface area (Å²) in [6, 6.07) is 1.95. The van der Waals surface area contributed by atoms with Crippen LogP contribution in [0.1, 0.15) is 52.5 Å². The lowest BCUT2D eigenvalue weighted by atomic mass is 10.1. The molecule has 2 aromatic rings. The summed E-state index contributed by atoms with van der Waals surface area (Å²) in [6.45, 7) is 7.64. The molecule has 0 atom stereocenters. The van der Waals surface area contributed by atoms with E-state index in [2.05, 4.69) is 10.3 Å². The molecular formula is C19H26ClFN2O2. The van der Waals surface area contributed by atoms with Crippen LogP contribution in [0.15, 0.2) is 12.3 Å². The number of carbonyl (C=O) groups is 1. The maximum atomic E-state index is 14.4. The molecule has 0 spiro atoms. The van der Waals surface area contributed by atoms with Gasteiger partial charge in [0.2, 0.25) is 5.91 Å². The van der Waals surface area contributed by atoms with Crippen molar-refractivity contribution < 1.29 is 13.9 Å². The van der Waals surface area contributed by atoms with Gasteiger partial charge in [-0.05, 0) is 58.6 Å². The number of halogens is 2. The van der Waals surface area contributed by atoms with Crippen molar-refractivity contribution in [2.24, 2.45) is 0 Å². The Morgan fingerprint density at radius 2 is 2.04 bits per heavy atom. The van der Waals surface area contributed by atoms with Gasteiger partial charge in [-0.15, -0.1) is 0 Å². The number of rotatable bonds is 8. The first-order valence-electron chi connectivity index (χ1n) is 8.73. The van der Waals surface area contributed by atoms with E-state index in [-0.39, 0.29) is 23.1 Å². The van der Waals surface area contributed by atoms with E-state index in [0.717, 1.165) is 30.2 Å². The zero-order chi connectivity index (χ0) is 18.6. The van der Waals surface area contributed by atoms with Crippen LogP contribution in [0.4, 0.5) is 4.39 Å². The number of aromatic amines is 1. The van der Waals surface area contributed by atoms with Crippen LogP contribution in [-0.4, -0.2) is 23.0 Å². The average Bonchev–Trinajstić information content (AvgIpc) is 2.91. The van der Waals surface area contributed by atoms with Crippen molar-refractivity contribution in [3.63, 3.8) is 0 Å². The Kier molecular flexibility index (Phi) is 6.71. The third-order valence-electron chi connectivity index (χ3n) is 3.82. The number of ether oxygens (including phenoxy) is 1. The van der Waals surface area contributed by atoms with Crippen LogP contribution in [0, 0.1) is 5.82 Å². The lowest BCUT2D eigenvalue weighted by molar-refractivity contribution is -0.121. The summed E-state index contributed by atoms with van der Waals surface area (Å²) in [7, 11) is 0. The first kappa shape index (κ1) is 19.6. The fraction of sp³-hybridized carbons (Fsp3) is 0.526. The van der Waals surface area contributed by atoms with E-state index in [0.29, 0.717) is 17.7 Å². The van der Waals surface area contributed by atoms with Crippen LogP contribution < -0.4 is 10.1 Å². The quantitative estimate of drug-likeness (QED) is 0.645. The summed E-state index contributed by atoms with van der Waals surface area (Å²) in [6.07, 6.45) is 4.62. The Morgan fingerprint density at radius 1 is 1.32 bits per heavy atom. The zero-order valence-electron chi connectivity index (χ0n) is 15.2. The van der Waals surface area contributed by atoms with Gasteiger partial charge in [0.25, 0.3) is 0 Å². The topological polar surface area (TPSA) is 54.1 Å². The maximum Gasteiger partial charge on any atom is 0.220 e. The van der Waals surface area contributed by atoms with Gasteiger partial charge in [0.15, 0.2) is 5.82 Å². The van der Waals surface area contributed by atoms with E-state index in [9.17, 15) is 9.18 Å². The van der Waals surface area contributed by atoms with Crippen molar-refractivity contribution in [1.29, 1.82) is 0 Å². The minimum absolute atomic E-state index is 0.0000403. The molecule has 138 valence electrons.